The van der Waals surface area contributed by atoms with Crippen LogP contribution in [-0.4, -0.2) is 65.7 Å². The summed E-state index contributed by atoms with van der Waals surface area (Å²) >= 11 is 5.89. The number of nitrogens with zero attached hydrogens (tertiary/aromatic N) is 4. The topological polar surface area (TPSA) is 82.2 Å². The Morgan fingerprint density at radius 1 is 1.18 bits per heavy atom. The highest BCUT2D eigenvalue weighted by molar-refractivity contribution is 6.30. The highest BCUT2D eigenvalue weighted by Crippen LogP contribution is 2.29. The van der Waals surface area contributed by atoms with Crippen molar-refractivity contribution in [1.82, 2.24) is 9.80 Å². The average molecular weight is 552 g/mol. The van der Waals surface area contributed by atoms with Gasteiger partial charge >= 0.3 is 0 Å². The van der Waals surface area contributed by atoms with E-state index in [2.05, 4.69) is 43.0 Å². The van der Waals surface area contributed by atoms with Gasteiger partial charge in [0, 0.05) is 55.5 Å². The number of allylic oxidation sites excluding steroid dienone is 1. The van der Waals surface area contributed by atoms with Crippen LogP contribution in [0, 0.1) is 12.7 Å². The molecule has 2 aliphatic rings. The summed E-state index contributed by atoms with van der Waals surface area (Å²) in [4.78, 5) is 36.0. The van der Waals surface area contributed by atoms with Crippen molar-refractivity contribution in [1.29, 1.82) is 0 Å². The number of carbonyl (C=O) groups excluding carboxylic acids is 2. The second kappa shape index (κ2) is 12.0. The maximum Gasteiger partial charge on any atom is 0.253 e. The third kappa shape index (κ3) is 6.33. The summed E-state index contributed by atoms with van der Waals surface area (Å²) in [6.07, 6.45) is 3.70. The average Bonchev–Trinajstić information content (AvgIpc) is 3.21. The summed E-state index contributed by atoms with van der Waals surface area (Å²) in [7, 11) is 0. The first-order chi connectivity index (χ1) is 18.6. The van der Waals surface area contributed by atoms with Crippen molar-refractivity contribution in [2.45, 2.75) is 46.2 Å². The number of amidine groups is 1. The molecule has 2 heterocycles. The van der Waals surface area contributed by atoms with E-state index in [-0.39, 0.29) is 29.4 Å². The summed E-state index contributed by atoms with van der Waals surface area (Å²) in [5.74, 6) is -0.545. The van der Waals surface area contributed by atoms with E-state index in [9.17, 15) is 14.0 Å². The van der Waals surface area contributed by atoms with Gasteiger partial charge in [-0.2, -0.15) is 0 Å². The largest absolute Gasteiger partial charge is 0.370 e. The maximum atomic E-state index is 14.3. The van der Waals surface area contributed by atoms with Gasteiger partial charge in [-0.3, -0.25) is 9.59 Å². The zero-order valence-electron chi connectivity index (χ0n) is 22.8. The summed E-state index contributed by atoms with van der Waals surface area (Å²) in [5.41, 5.74) is 9.50. The highest BCUT2D eigenvalue weighted by atomic mass is 35.5. The van der Waals surface area contributed by atoms with Crippen LogP contribution in [0.15, 0.2) is 70.9 Å². The fraction of sp³-hybridized carbons (Fsp3) is 0.367. The minimum atomic E-state index is -0.556. The molecule has 0 saturated carbocycles. The summed E-state index contributed by atoms with van der Waals surface area (Å²) in [5, 5.41) is 0.0170. The number of aryl methyl sites for hydroxylation is 1. The lowest BCUT2D eigenvalue weighted by Crippen LogP contribution is -2.54. The number of anilines is 1. The van der Waals surface area contributed by atoms with Gasteiger partial charge in [-0.1, -0.05) is 29.8 Å². The minimum Gasteiger partial charge on any atom is -0.370 e. The van der Waals surface area contributed by atoms with Crippen LogP contribution in [0.5, 0.6) is 0 Å². The van der Waals surface area contributed by atoms with Crippen LogP contribution in [0.4, 0.5) is 10.1 Å². The number of nitrogens with two attached hydrogens (primary N) is 1. The molecule has 0 radical (unpaired) electrons. The smallest absolute Gasteiger partial charge is 0.253 e. The van der Waals surface area contributed by atoms with E-state index < -0.39 is 11.7 Å². The Morgan fingerprint density at radius 2 is 1.95 bits per heavy atom. The van der Waals surface area contributed by atoms with Gasteiger partial charge in [-0.25, -0.2) is 9.38 Å². The SMILES string of the molecule is C/C=C(\C=C1\N=C(c2ccc(Cl)c(F)c2)N(CCC(N)=O)C1C)C(=O)N1CCN(c2cccc(C)c2)C(C)C1. The van der Waals surface area contributed by atoms with E-state index >= 15 is 0 Å². The molecule has 0 aliphatic carbocycles. The molecule has 2 aliphatic heterocycles. The van der Waals surface area contributed by atoms with Crippen molar-refractivity contribution in [3.8, 4) is 0 Å². The van der Waals surface area contributed by atoms with E-state index in [1.54, 1.807) is 18.2 Å². The molecule has 9 heteroatoms. The maximum absolute atomic E-state index is 14.3. The first-order valence-corrected chi connectivity index (χ1v) is 13.6. The van der Waals surface area contributed by atoms with Crippen LogP contribution in [0.25, 0.3) is 0 Å². The van der Waals surface area contributed by atoms with Crippen molar-refractivity contribution in [3.63, 3.8) is 0 Å². The van der Waals surface area contributed by atoms with E-state index in [4.69, 9.17) is 22.3 Å². The van der Waals surface area contributed by atoms with Crippen LogP contribution in [0.1, 0.15) is 38.3 Å². The van der Waals surface area contributed by atoms with E-state index in [0.717, 1.165) is 6.54 Å². The Balaban J connectivity index is 1.56. The van der Waals surface area contributed by atoms with E-state index in [1.807, 2.05) is 23.6 Å². The number of primary amides is 1. The molecule has 7 nitrogen and oxygen atoms in total. The number of piperazine rings is 1. The third-order valence-corrected chi connectivity index (χ3v) is 7.60. The normalized spacial score (nSPS) is 21.0. The number of aliphatic imine (C=N–C) groups is 1. The summed E-state index contributed by atoms with van der Waals surface area (Å²) < 4.78 is 14.3. The molecule has 0 spiro atoms. The van der Waals surface area contributed by atoms with E-state index in [1.165, 1.54) is 23.4 Å². The number of halogens is 2. The number of hydrogen-bond donors (Lipinski definition) is 1. The second-order valence-corrected chi connectivity index (χ2v) is 10.5. The zero-order valence-corrected chi connectivity index (χ0v) is 23.6. The minimum absolute atomic E-state index is 0.0170. The van der Waals surface area contributed by atoms with Crippen LogP contribution in [0.2, 0.25) is 5.02 Å². The molecule has 2 N–H and O–H groups in total. The summed E-state index contributed by atoms with van der Waals surface area (Å²) in [6.45, 7) is 10.3. The Kier molecular flexibility index (Phi) is 8.75. The zero-order chi connectivity index (χ0) is 28.3. The lowest BCUT2D eigenvalue weighted by molar-refractivity contribution is -0.127. The molecule has 39 heavy (non-hydrogen) atoms. The lowest BCUT2D eigenvalue weighted by Gasteiger charge is -2.41. The van der Waals surface area contributed by atoms with Crippen molar-refractivity contribution in [2.75, 3.05) is 31.1 Å². The monoisotopic (exact) mass is 551 g/mol. The first kappa shape index (κ1) is 28.4. The number of carbonyl (C=O) groups is 2. The molecule has 2 atom stereocenters. The summed E-state index contributed by atoms with van der Waals surface area (Å²) in [6, 6.07) is 12.8. The molecular weight excluding hydrogens is 517 g/mol. The van der Waals surface area contributed by atoms with Crippen molar-refractivity contribution < 1.29 is 14.0 Å². The Hall–Kier alpha value is -3.65. The molecule has 4 rings (SSSR count). The molecule has 2 unspecified atom stereocenters. The van der Waals surface area contributed by atoms with Crippen molar-refractivity contribution in [2.24, 2.45) is 10.7 Å². The van der Waals surface area contributed by atoms with Crippen LogP contribution in [0.3, 0.4) is 0 Å². The Bertz CT molecular complexity index is 1350. The quantitative estimate of drug-likeness (QED) is 0.507. The van der Waals surface area contributed by atoms with Gasteiger partial charge in [-0.05, 0) is 69.7 Å². The van der Waals surface area contributed by atoms with Crippen LogP contribution >= 0.6 is 11.6 Å². The van der Waals surface area contributed by atoms with Crippen LogP contribution < -0.4 is 10.6 Å². The fourth-order valence-electron chi connectivity index (χ4n) is 5.11. The standard InChI is InChI=1S/C30H35ClFN5O2/c1-5-22(30(39)35-13-14-36(20(3)18-35)24-8-6-7-19(2)15-24)17-27-21(4)37(12-11-28(33)38)29(34-27)23-9-10-25(31)26(32)16-23/h5-10,15-17,20-21H,11-14,18H2,1-4H3,(H2,33,38)/b22-5+,27-17+. The van der Waals surface area contributed by atoms with Crippen molar-refractivity contribution in [3.05, 3.63) is 87.9 Å². The van der Waals surface area contributed by atoms with Gasteiger partial charge < -0.3 is 20.4 Å². The Morgan fingerprint density at radius 3 is 2.59 bits per heavy atom. The predicted molar refractivity (Wildman–Crippen MR) is 154 cm³/mol. The molecule has 1 saturated heterocycles. The van der Waals surface area contributed by atoms with Crippen molar-refractivity contribution >= 4 is 34.9 Å². The first-order valence-electron chi connectivity index (χ1n) is 13.2. The number of amides is 2. The van der Waals surface area contributed by atoms with Gasteiger partial charge in [0.25, 0.3) is 5.91 Å². The van der Waals surface area contributed by atoms with Crippen LogP contribution in [-0.2, 0) is 9.59 Å². The molecular formula is C30H35ClFN5O2. The number of rotatable bonds is 7. The van der Waals surface area contributed by atoms with Gasteiger partial charge in [0.05, 0.1) is 16.8 Å². The second-order valence-electron chi connectivity index (χ2n) is 10.1. The fourth-order valence-corrected chi connectivity index (χ4v) is 5.23. The molecule has 206 valence electrons. The number of benzene rings is 2. The molecule has 0 bridgehead atoms. The highest BCUT2D eigenvalue weighted by Gasteiger charge is 2.32. The molecule has 0 aromatic heterocycles. The van der Waals surface area contributed by atoms with Gasteiger partial charge in [-0.15, -0.1) is 0 Å². The number of hydrogen-bond acceptors (Lipinski definition) is 5. The van der Waals surface area contributed by atoms with Gasteiger partial charge in [0.15, 0.2) is 0 Å². The Labute approximate surface area is 234 Å². The lowest BCUT2D eigenvalue weighted by atomic mass is 10.1. The molecule has 2 aromatic rings. The third-order valence-electron chi connectivity index (χ3n) is 7.29. The molecule has 2 aromatic carbocycles. The van der Waals surface area contributed by atoms with E-state index in [0.29, 0.717) is 42.3 Å². The predicted octanol–water partition coefficient (Wildman–Crippen LogP) is 4.68. The van der Waals surface area contributed by atoms with Gasteiger partial charge in [0.1, 0.15) is 11.7 Å². The molecule has 1 fully saturated rings. The molecule has 2 amide bonds. The van der Waals surface area contributed by atoms with Gasteiger partial charge in [0.2, 0.25) is 5.91 Å².